The Morgan fingerprint density at radius 3 is 2.48 bits per heavy atom. The second kappa shape index (κ2) is 12.7. The second-order valence-corrected chi connectivity index (χ2v) is 10.2. The molecule has 1 aliphatic rings. The van der Waals surface area contributed by atoms with Gasteiger partial charge in [0.15, 0.2) is 0 Å². The number of hydrogen-bond donors (Lipinski definition) is 0. The Balaban J connectivity index is 1.56. The van der Waals surface area contributed by atoms with Crippen LogP contribution in [-0.2, 0) is 16.0 Å². The second-order valence-electron chi connectivity index (χ2n) is 9.85. The molecule has 208 valence electrons. The summed E-state index contributed by atoms with van der Waals surface area (Å²) in [6, 6.07) is 21.1. The van der Waals surface area contributed by atoms with Crippen molar-refractivity contribution in [2.24, 2.45) is 0 Å². The fraction of sp³-hybridized carbons (Fsp3) is 0.323. The van der Waals surface area contributed by atoms with Gasteiger partial charge in [0.25, 0.3) is 0 Å². The first kappa shape index (κ1) is 27.9. The molecule has 0 saturated carbocycles. The number of ether oxygens (including phenoxy) is 2. The Labute approximate surface area is 238 Å². The summed E-state index contributed by atoms with van der Waals surface area (Å²) in [5.41, 5.74) is 2.37. The quantitative estimate of drug-likeness (QED) is 0.257. The Bertz CT molecular complexity index is 1520. The minimum absolute atomic E-state index is 0.0606. The third-order valence-electron chi connectivity index (χ3n) is 7.32. The number of morpholine rings is 1. The molecule has 1 unspecified atom stereocenters. The van der Waals surface area contributed by atoms with E-state index in [2.05, 4.69) is 4.90 Å². The van der Waals surface area contributed by atoms with Gasteiger partial charge in [-0.15, -0.1) is 0 Å². The number of aromatic nitrogens is 2. The standard InChI is InChI=1S/C31H33FN4O3S/c1-22(35(16-15-34-17-19-39-20-18-34)29(37)21-23-7-9-24(32)10-8-23)30-33-28-6-4-3-5-27(28)31(40)36(30)25-11-13-26(38-2)14-12-25/h3-14,22H,15-21H2,1-2H3. The summed E-state index contributed by atoms with van der Waals surface area (Å²) < 4.78 is 27.0. The molecule has 0 radical (unpaired) electrons. The van der Waals surface area contributed by atoms with Gasteiger partial charge in [0, 0.05) is 37.3 Å². The number of carbonyl (C=O) groups excluding carboxylic acids is 1. The monoisotopic (exact) mass is 560 g/mol. The van der Waals surface area contributed by atoms with E-state index in [0.717, 1.165) is 41.0 Å². The molecule has 0 N–H and O–H groups in total. The van der Waals surface area contributed by atoms with Gasteiger partial charge >= 0.3 is 0 Å². The zero-order chi connectivity index (χ0) is 28.1. The van der Waals surface area contributed by atoms with Crippen molar-refractivity contribution in [1.29, 1.82) is 0 Å². The van der Waals surface area contributed by atoms with Gasteiger partial charge in [0.05, 0.1) is 38.3 Å². The van der Waals surface area contributed by atoms with Crippen LogP contribution in [0.2, 0.25) is 0 Å². The molecular weight excluding hydrogens is 527 g/mol. The number of methoxy groups -OCH3 is 1. The lowest BCUT2D eigenvalue weighted by atomic mass is 10.1. The molecular formula is C31H33FN4O3S. The average Bonchev–Trinajstić information content (AvgIpc) is 2.99. The normalized spacial score (nSPS) is 14.7. The lowest BCUT2D eigenvalue weighted by Gasteiger charge is -2.34. The number of benzene rings is 3. The van der Waals surface area contributed by atoms with Crippen molar-refractivity contribution in [2.75, 3.05) is 46.5 Å². The molecule has 0 bridgehead atoms. The minimum atomic E-state index is -0.401. The molecule has 9 heteroatoms. The van der Waals surface area contributed by atoms with Gasteiger partial charge in [-0.25, -0.2) is 9.37 Å². The van der Waals surface area contributed by atoms with Crippen molar-refractivity contribution in [1.82, 2.24) is 19.4 Å². The first-order chi connectivity index (χ1) is 19.4. The van der Waals surface area contributed by atoms with E-state index in [1.165, 1.54) is 12.1 Å². The molecule has 1 aliphatic heterocycles. The van der Waals surface area contributed by atoms with Crippen LogP contribution in [0.25, 0.3) is 16.6 Å². The molecule has 1 atom stereocenters. The number of fused-ring (bicyclic) bond motifs is 1. The summed E-state index contributed by atoms with van der Waals surface area (Å²) in [5, 5.41) is 0.863. The van der Waals surface area contributed by atoms with E-state index >= 15 is 0 Å². The summed E-state index contributed by atoms with van der Waals surface area (Å²) in [5.74, 6) is 1.02. The summed E-state index contributed by atoms with van der Waals surface area (Å²) in [6.45, 7) is 6.22. The maximum atomic E-state index is 13.9. The highest BCUT2D eigenvalue weighted by Gasteiger charge is 2.27. The van der Waals surface area contributed by atoms with Crippen molar-refractivity contribution < 1.29 is 18.7 Å². The van der Waals surface area contributed by atoms with Crippen molar-refractivity contribution in [3.05, 3.63) is 94.6 Å². The fourth-order valence-electron chi connectivity index (χ4n) is 5.04. The smallest absolute Gasteiger partial charge is 0.227 e. The first-order valence-electron chi connectivity index (χ1n) is 13.4. The molecule has 5 rings (SSSR count). The average molecular weight is 561 g/mol. The van der Waals surface area contributed by atoms with Crippen LogP contribution in [0.4, 0.5) is 4.39 Å². The lowest BCUT2D eigenvalue weighted by molar-refractivity contribution is -0.133. The summed E-state index contributed by atoms with van der Waals surface area (Å²) in [6.07, 6.45) is 0.157. The largest absolute Gasteiger partial charge is 0.497 e. The van der Waals surface area contributed by atoms with Crippen LogP contribution in [0.5, 0.6) is 5.75 Å². The van der Waals surface area contributed by atoms with Gasteiger partial charge in [-0.1, -0.05) is 36.5 Å². The van der Waals surface area contributed by atoms with Crippen molar-refractivity contribution >= 4 is 29.0 Å². The molecule has 1 saturated heterocycles. The highest BCUT2D eigenvalue weighted by atomic mass is 32.1. The lowest BCUT2D eigenvalue weighted by Crippen LogP contribution is -2.44. The van der Waals surface area contributed by atoms with Gasteiger partial charge in [-0.2, -0.15) is 0 Å². The first-order valence-corrected chi connectivity index (χ1v) is 13.9. The van der Waals surface area contributed by atoms with Crippen LogP contribution in [0.15, 0.2) is 72.8 Å². The zero-order valence-corrected chi connectivity index (χ0v) is 23.6. The Hall–Kier alpha value is -3.66. The van der Waals surface area contributed by atoms with Gasteiger partial charge in [0.1, 0.15) is 22.0 Å². The predicted molar refractivity (Wildman–Crippen MR) is 156 cm³/mol. The topological polar surface area (TPSA) is 59.8 Å². The number of carbonyl (C=O) groups is 1. The third-order valence-corrected chi connectivity index (χ3v) is 7.73. The Morgan fingerprint density at radius 1 is 1.07 bits per heavy atom. The highest BCUT2D eigenvalue weighted by molar-refractivity contribution is 7.71. The fourth-order valence-corrected chi connectivity index (χ4v) is 5.41. The minimum Gasteiger partial charge on any atom is -0.497 e. The van der Waals surface area contributed by atoms with E-state index in [9.17, 15) is 9.18 Å². The molecule has 0 aliphatic carbocycles. The number of para-hydroxylation sites is 1. The summed E-state index contributed by atoms with van der Waals surface area (Å²) in [4.78, 5) is 23.1. The van der Waals surface area contributed by atoms with E-state index in [-0.39, 0.29) is 18.1 Å². The zero-order valence-electron chi connectivity index (χ0n) is 22.8. The molecule has 40 heavy (non-hydrogen) atoms. The summed E-state index contributed by atoms with van der Waals surface area (Å²) >= 11 is 6.01. The van der Waals surface area contributed by atoms with Crippen LogP contribution < -0.4 is 4.74 Å². The van der Waals surface area contributed by atoms with Crippen LogP contribution in [0.1, 0.15) is 24.4 Å². The molecule has 4 aromatic rings. The number of halogens is 1. The van der Waals surface area contributed by atoms with Crippen molar-refractivity contribution in [2.45, 2.75) is 19.4 Å². The molecule has 1 aromatic heterocycles. The van der Waals surface area contributed by atoms with Crippen LogP contribution in [-0.4, -0.2) is 71.8 Å². The number of amides is 1. The van der Waals surface area contributed by atoms with Gasteiger partial charge in [-0.3, -0.25) is 14.3 Å². The molecule has 2 heterocycles. The summed E-state index contributed by atoms with van der Waals surface area (Å²) in [7, 11) is 1.63. The molecule has 3 aromatic carbocycles. The van der Waals surface area contributed by atoms with E-state index in [1.54, 1.807) is 19.2 Å². The molecule has 7 nitrogen and oxygen atoms in total. The number of hydrogen-bond acceptors (Lipinski definition) is 6. The maximum absolute atomic E-state index is 13.9. The van der Waals surface area contributed by atoms with Crippen LogP contribution in [0, 0.1) is 10.5 Å². The van der Waals surface area contributed by atoms with Gasteiger partial charge in [0.2, 0.25) is 5.91 Å². The Morgan fingerprint density at radius 2 is 1.77 bits per heavy atom. The Kier molecular flexibility index (Phi) is 8.84. The molecule has 1 amide bonds. The van der Waals surface area contributed by atoms with E-state index in [1.807, 2.05) is 64.9 Å². The van der Waals surface area contributed by atoms with E-state index in [0.29, 0.717) is 36.8 Å². The SMILES string of the molecule is COc1ccc(-n2c(C(C)N(CCN3CCOCC3)C(=O)Cc3ccc(F)cc3)nc3ccccc3c2=S)cc1. The third kappa shape index (κ3) is 6.22. The van der Waals surface area contributed by atoms with Gasteiger partial charge < -0.3 is 14.4 Å². The predicted octanol–water partition coefficient (Wildman–Crippen LogP) is 5.37. The van der Waals surface area contributed by atoms with Crippen molar-refractivity contribution in [3.63, 3.8) is 0 Å². The maximum Gasteiger partial charge on any atom is 0.227 e. The van der Waals surface area contributed by atoms with Gasteiger partial charge in [-0.05, 0) is 61.0 Å². The van der Waals surface area contributed by atoms with E-state index < -0.39 is 6.04 Å². The van der Waals surface area contributed by atoms with E-state index in [4.69, 9.17) is 26.7 Å². The van der Waals surface area contributed by atoms with Crippen LogP contribution >= 0.6 is 12.2 Å². The molecule has 0 spiro atoms. The number of rotatable bonds is 9. The van der Waals surface area contributed by atoms with Crippen molar-refractivity contribution in [3.8, 4) is 11.4 Å². The number of nitrogens with zero attached hydrogens (tertiary/aromatic N) is 4. The molecule has 1 fully saturated rings. The highest BCUT2D eigenvalue weighted by Crippen LogP contribution is 2.28. The van der Waals surface area contributed by atoms with Crippen LogP contribution in [0.3, 0.4) is 0 Å².